The van der Waals surface area contributed by atoms with Crippen LogP contribution in [0.5, 0.6) is 0 Å². The molecule has 6 aromatic rings. The van der Waals surface area contributed by atoms with Crippen molar-refractivity contribution in [2.24, 2.45) is 14.1 Å². The summed E-state index contributed by atoms with van der Waals surface area (Å²) >= 11 is 0. The standard InChI is InChI=1S/C42H43N3O2/c1-9-45(10-2)31-19-17-30(18-20-31)42(36-14-12-11-13-32(36)41(46)47-42)25-35(39-28(5)43(7)37-21-15-26(3)23-33(37)39)40-29(6)44(8)38-22-16-27(4)24-34(38)40/h11-25H,9-10H2,1-8H3. The molecule has 2 aromatic heterocycles. The third-order valence-corrected chi connectivity index (χ3v) is 10.4. The maximum atomic E-state index is 13.8. The van der Waals surface area contributed by atoms with Gasteiger partial charge in [-0.05, 0) is 95.7 Å². The minimum Gasteiger partial charge on any atom is -0.441 e. The molecule has 0 radical (unpaired) electrons. The van der Waals surface area contributed by atoms with Crippen molar-refractivity contribution in [2.75, 3.05) is 18.0 Å². The van der Waals surface area contributed by atoms with E-state index in [2.05, 4.69) is 136 Å². The van der Waals surface area contributed by atoms with Crippen LogP contribution in [-0.2, 0) is 24.4 Å². The number of fused-ring (bicyclic) bond motifs is 3. The summed E-state index contributed by atoms with van der Waals surface area (Å²) in [6, 6.07) is 29.8. The molecule has 4 aromatic carbocycles. The molecule has 5 nitrogen and oxygen atoms in total. The fourth-order valence-electron chi connectivity index (χ4n) is 7.68. The molecule has 0 fully saturated rings. The lowest BCUT2D eigenvalue weighted by Gasteiger charge is -2.29. The Hall–Kier alpha value is -5.03. The van der Waals surface area contributed by atoms with Gasteiger partial charge in [-0.25, -0.2) is 4.79 Å². The number of benzene rings is 4. The summed E-state index contributed by atoms with van der Waals surface area (Å²) < 4.78 is 11.2. The van der Waals surface area contributed by atoms with E-state index in [1.807, 2.05) is 24.3 Å². The van der Waals surface area contributed by atoms with Crippen molar-refractivity contribution in [1.82, 2.24) is 9.13 Å². The highest BCUT2D eigenvalue weighted by molar-refractivity contribution is 6.07. The molecule has 0 N–H and O–H groups in total. The van der Waals surface area contributed by atoms with Crippen LogP contribution in [0.3, 0.4) is 0 Å². The largest absolute Gasteiger partial charge is 0.441 e. The minimum atomic E-state index is -1.14. The maximum Gasteiger partial charge on any atom is 0.340 e. The first kappa shape index (κ1) is 30.6. The molecule has 0 saturated heterocycles. The average Bonchev–Trinajstić information content (AvgIpc) is 3.60. The van der Waals surface area contributed by atoms with Crippen LogP contribution in [0.25, 0.3) is 27.4 Å². The number of hydrogen-bond donors (Lipinski definition) is 0. The highest BCUT2D eigenvalue weighted by atomic mass is 16.6. The van der Waals surface area contributed by atoms with Gasteiger partial charge in [0, 0.05) is 88.3 Å². The lowest BCUT2D eigenvalue weighted by Crippen LogP contribution is -2.27. The molecule has 3 heterocycles. The molecule has 0 bridgehead atoms. The molecule has 1 aliphatic rings. The van der Waals surface area contributed by atoms with Gasteiger partial charge in [0.1, 0.15) is 0 Å². The van der Waals surface area contributed by atoms with E-state index in [-0.39, 0.29) is 5.97 Å². The first-order valence-corrected chi connectivity index (χ1v) is 16.6. The van der Waals surface area contributed by atoms with Crippen LogP contribution in [0.4, 0.5) is 5.69 Å². The van der Waals surface area contributed by atoms with E-state index in [1.165, 1.54) is 32.9 Å². The van der Waals surface area contributed by atoms with E-state index in [0.717, 1.165) is 58.0 Å². The van der Waals surface area contributed by atoms with Crippen LogP contribution in [-0.4, -0.2) is 28.2 Å². The smallest absolute Gasteiger partial charge is 0.340 e. The molecular formula is C42H43N3O2. The summed E-state index contributed by atoms with van der Waals surface area (Å²) in [6.45, 7) is 14.9. The van der Waals surface area contributed by atoms with Gasteiger partial charge in [-0.1, -0.05) is 53.6 Å². The van der Waals surface area contributed by atoms with Crippen molar-refractivity contribution in [2.45, 2.75) is 47.1 Å². The third-order valence-electron chi connectivity index (χ3n) is 10.4. The number of anilines is 1. The monoisotopic (exact) mass is 621 g/mol. The second-order valence-electron chi connectivity index (χ2n) is 13.0. The maximum absolute atomic E-state index is 13.8. The summed E-state index contributed by atoms with van der Waals surface area (Å²) in [5.74, 6) is -0.306. The zero-order chi connectivity index (χ0) is 33.2. The van der Waals surface area contributed by atoms with E-state index in [1.54, 1.807) is 0 Å². The molecule has 0 spiro atoms. The van der Waals surface area contributed by atoms with Gasteiger partial charge in [0.2, 0.25) is 0 Å². The molecule has 0 aliphatic carbocycles. The average molecular weight is 622 g/mol. The molecule has 5 heteroatoms. The van der Waals surface area contributed by atoms with Gasteiger partial charge in [-0.3, -0.25) is 0 Å². The Labute approximate surface area is 277 Å². The third kappa shape index (κ3) is 4.63. The second-order valence-corrected chi connectivity index (χ2v) is 13.0. The number of carbonyl (C=O) groups excluding carboxylic acids is 1. The molecular weight excluding hydrogens is 578 g/mol. The highest BCUT2D eigenvalue weighted by Crippen LogP contribution is 2.49. The predicted molar refractivity (Wildman–Crippen MR) is 195 cm³/mol. The Balaban J connectivity index is 1.63. The van der Waals surface area contributed by atoms with Crippen molar-refractivity contribution in [3.63, 3.8) is 0 Å². The van der Waals surface area contributed by atoms with Gasteiger partial charge in [0.25, 0.3) is 0 Å². The number of carbonyl (C=O) groups is 1. The Morgan fingerprint density at radius 1 is 0.745 bits per heavy atom. The first-order chi connectivity index (χ1) is 22.6. The molecule has 0 amide bonds. The summed E-state index contributed by atoms with van der Waals surface area (Å²) in [5.41, 5.74) is 12.8. The normalized spacial score (nSPS) is 15.7. The van der Waals surface area contributed by atoms with E-state index in [4.69, 9.17) is 4.74 Å². The zero-order valence-corrected chi connectivity index (χ0v) is 28.7. The van der Waals surface area contributed by atoms with Crippen molar-refractivity contribution >= 4 is 39.0 Å². The molecule has 0 saturated carbocycles. The lowest BCUT2D eigenvalue weighted by atomic mass is 9.80. The number of cyclic esters (lactones) is 1. The van der Waals surface area contributed by atoms with Crippen LogP contribution in [0.15, 0.2) is 91.0 Å². The molecule has 1 atom stereocenters. The Morgan fingerprint density at radius 3 is 1.81 bits per heavy atom. The van der Waals surface area contributed by atoms with Crippen LogP contribution >= 0.6 is 0 Å². The fourth-order valence-corrected chi connectivity index (χ4v) is 7.68. The fraction of sp³-hybridized carbons (Fsp3) is 0.262. The van der Waals surface area contributed by atoms with E-state index >= 15 is 0 Å². The van der Waals surface area contributed by atoms with Crippen LogP contribution in [0.1, 0.15) is 69.0 Å². The quantitative estimate of drug-likeness (QED) is 0.167. The van der Waals surface area contributed by atoms with Gasteiger partial charge >= 0.3 is 5.97 Å². The van der Waals surface area contributed by atoms with Crippen molar-refractivity contribution < 1.29 is 9.53 Å². The SMILES string of the molecule is CCN(CC)c1ccc(C2(C=C(c3c(C)n(C)c4ccc(C)cc34)c3c(C)n(C)c4ccc(C)cc34)OC(=O)c3ccccc32)cc1. The van der Waals surface area contributed by atoms with E-state index in [0.29, 0.717) is 5.56 Å². The highest BCUT2D eigenvalue weighted by Gasteiger charge is 2.46. The molecule has 238 valence electrons. The predicted octanol–water partition coefficient (Wildman–Crippen LogP) is 9.30. The van der Waals surface area contributed by atoms with Gasteiger partial charge < -0.3 is 18.8 Å². The first-order valence-electron chi connectivity index (χ1n) is 16.6. The van der Waals surface area contributed by atoms with Crippen LogP contribution in [0, 0.1) is 27.7 Å². The van der Waals surface area contributed by atoms with Crippen LogP contribution < -0.4 is 4.90 Å². The van der Waals surface area contributed by atoms with Gasteiger partial charge in [0.05, 0.1) is 5.56 Å². The lowest BCUT2D eigenvalue weighted by molar-refractivity contribution is 0.0276. The number of ether oxygens (including phenoxy) is 1. The second kappa shape index (κ2) is 11.3. The summed E-state index contributed by atoms with van der Waals surface area (Å²) in [5, 5.41) is 2.37. The summed E-state index contributed by atoms with van der Waals surface area (Å²) in [4.78, 5) is 16.1. The van der Waals surface area contributed by atoms with Gasteiger partial charge in [-0.2, -0.15) is 0 Å². The Bertz CT molecular complexity index is 2130. The number of hydrogen-bond acceptors (Lipinski definition) is 3. The Kier molecular flexibility index (Phi) is 7.39. The number of esters is 1. The number of nitrogens with zero attached hydrogens (tertiary/aromatic N) is 3. The summed E-state index contributed by atoms with van der Waals surface area (Å²) in [7, 11) is 4.28. The van der Waals surface area contributed by atoms with E-state index in [9.17, 15) is 4.79 Å². The van der Waals surface area contributed by atoms with Gasteiger partial charge in [0.15, 0.2) is 5.60 Å². The van der Waals surface area contributed by atoms with Crippen molar-refractivity contribution in [3.05, 3.63) is 141 Å². The minimum absolute atomic E-state index is 0.306. The number of rotatable bonds is 7. The summed E-state index contributed by atoms with van der Waals surface area (Å²) in [6.07, 6.45) is 2.25. The number of aryl methyl sites for hydroxylation is 4. The molecule has 47 heavy (non-hydrogen) atoms. The molecule has 7 rings (SSSR count). The van der Waals surface area contributed by atoms with Crippen molar-refractivity contribution in [1.29, 1.82) is 0 Å². The van der Waals surface area contributed by atoms with Gasteiger partial charge in [-0.15, -0.1) is 0 Å². The van der Waals surface area contributed by atoms with Crippen LogP contribution in [0.2, 0.25) is 0 Å². The van der Waals surface area contributed by atoms with E-state index < -0.39 is 5.60 Å². The van der Waals surface area contributed by atoms with Crippen molar-refractivity contribution in [3.8, 4) is 0 Å². The topological polar surface area (TPSA) is 39.4 Å². The zero-order valence-electron chi connectivity index (χ0n) is 28.7. The number of aromatic nitrogens is 2. The Morgan fingerprint density at radius 2 is 1.28 bits per heavy atom. The molecule has 1 unspecified atom stereocenters. The molecule has 1 aliphatic heterocycles.